The zero-order valence-electron chi connectivity index (χ0n) is 14.9. The van der Waals surface area contributed by atoms with Crippen LogP contribution in [-0.2, 0) is 13.1 Å². The van der Waals surface area contributed by atoms with Crippen LogP contribution in [0.15, 0.2) is 68.9 Å². The van der Waals surface area contributed by atoms with Gasteiger partial charge >= 0.3 is 5.69 Å². The number of benzene rings is 2. The van der Waals surface area contributed by atoms with Crippen LogP contribution in [0.4, 0.5) is 4.39 Å². The summed E-state index contributed by atoms with van der Waals surface area (Å²) in [4.78, 5) is 44.1. The lowest BCUT2D eigenvalue weighted by molar-refractivity contribution is 0.0972. The first-order valence-corrected chi connectivity index (χ1v) is 9.45. The van der Waals surface area contributed by atoms with Gasteiger partial charge in [0.05, 0.1) is 13.1 Å². The molecule has 0 aliphatic rings. The fraction of sp³-hybridized carbons (Fsp3) is 0.100. The van der Waals surface area contributed by atoms with Crippen molar-refractivity contribution in [1.82, 2.24) is 19.1 Å². The van der Waals surface area contributed by atoms with Crippen molar-refractivity contribution in [3.8, 4) is 0 Å². The van der Waals surface area contributed by atoms with E-state index >= 15 is 0 Å². The number of nitrogens with zero attached hydrogens (tertiary/aromatic N) is 3. The Bertz CT molecular complexity index is 1320. The predicted octanol–water partition coefficient (Wildman–Crippen LogP) is 2.72. The van der Waals surface area contributed by atoms with Crippen molar-refractivity contribution in [2.24, 2.45) is 0 Å². The molecule has 0 fully saturated rings. The lowest BCUT2D eigenvalue weighted by Gasteiger charge is -2.08. The van der Waals surface area contributed by atoms with E-state index in [-0.39, 0.29) is 34.8 Å². The number of carbonyl (C=O) groups is 1. The molecule has 1 N–H and O–H groups in total. The van der Waals surface area contributed by atoms with Gasteiger partial charge in [0.15, 0.2) is 21.7 Å². The van der Waals surface area contributed by atoms with E-state index in [0.29, 0.717) is 5.56 Å². The number of nitrogens with one attached hydrogen (secondary N) is 1. The smallest absolute Gasteiger partial charge is 0.305 e. The first-order valence-electron chi connectivity index (χ1n) is 8.65. The summed E-state index contributed by atoms with van der Waals surface area (Å²) >= 11 is 3.27. The molecule has 0 unspecified atom stereocenters. The normalized spacial score (nSPS) is 11.1. The third-order valence-corrected chi connectivity index (χ3v) is 5.10. The lowest BCUT2D eigenvalue weighted by atomic mass is 10.1. The summed E-state index contributed by atoms with van der Waals surface area (Å²) in [5.41, 5.74) is 0.197. The molecule has 0 bridgehead atoms. The Labute approximate surface area is 171 Å². The highest BCUT2D eigenvalue weighted by Crippen LogP contribution is 2.18. The van der Waals surface area contributed by atoms with Gasteiger partial charge in [0.25, 0.3) is 5.56 Å². The number of aromatic nitrogens is 4. The molecule has 9 heteroatoms. The molecular weight excluding hydrogens is 443 g/mol. The van der Waals surface area contributed by atoms with Crippen molar-refractivity contribution in [1.29, 1.82) is 0 Å². The topological polar surface area (TPSA) is 89.8 Å². The van der Waals surface area contributed by atoms with Gasteiger partial charge in [0.2, 0.25) is 0 Å². The average Bonchev–Trinajstić information content (AvgIpc) is 3.03. The minimum absolute atomic E-state index is 0.0999. The molecule has 0 aliphatic heterocycles. The Morgan fingerprint density at radius 2 is 1.72 bits per heavy atom. The van der Waals surface area contributed by atoms with Crippen molar-refractivity contribution in [2.45, 2.75) is 13.1 Å². The highest BCUT2D eigenvalue weighted by atomic mass is 79.9. The van der Waals surface area contributed by atoms with Crippen LogP contribution in [0.1, 0.15) is 15.9 Å². The molecule has 4 rings (SSSR count). The summed E-state index contributed by atoms with van der Waals surface area (Å²) in [6, 6.07) is 14.4. The average molecular weight is 457 g/mol. The van der Waals surface area contributed by atoms with Gasteiger partial charge in [-0.15, -0.1) is 0 Å². The van der Waals surface area contributed by atoms with E-state index in [1.807, 2.05) is 30.3 Å². The second kappa shape index (κ2) is 7.59. The quantitative estimate of drug-likeness (QED) is 0.369. The number of hydrogen-bond acceptors (Lipinski definition) is 4. The van der Waals surface area contributed by atoms with Crippen LogP contribution < -0.4 is 11.2 Å². The third kappa shape index (κ3) is 3.68. The van der Waals surface area contributed by atoms with Gasteiger partial charge in [-0.05, 0) is 45.8 Å². The van der Waals surface area contributed by atoms with Crippen LogP contribution in [0.2, 0.25) is 0 Å². The first kappa shape index (κ1) is 19.0. The summed E-state index contributed by atoms with van der Waals surface area (Å²) in [6.45, 7) is 0.0116. The zero-order chi connectivity index (χ0) is 20.5. The van der Waals surface area contributed by atoms with Gasteiger partial charge in [-0.1, -0.05) is 30.3 Å². The Hall–Kier alpha value is -3.33. The number of fused-ring (bicyclic) bond motifs is 1. The van der Waals surface area contributed by atoms with E-state index in [2.05, 4.69) is 25.9 Å². The molecule has 2 heterocycles. The molecule has 4 aromatic rings. The maximum absolute atomic E-state index is 13.1. The summed E-state index contributed by atoms with van der Waals surface area (Å²) in [5, 5.41) is 0. The largest absolute Gasteiger partial charge is 0.330 e. The van der Waals surface area contributed by atoms with E-state index in [1.54, 1.807) is 0 Å². The van der Waals surface area contributed by atoms with Gasteiger partial charge < -0.3 is 4.57 Å². The standard InChI is InChI=1S/C20H14BrFN4O3/c21-19-23-17-16(25(19)11-15(27)13-6-8-14(22)9-7-13)18(28)24-20(29)26(17)10-12-4-2-1-3-5-12/h1-9H,10-11H2,(H,24,28,29). The lowest BCUT2D eigenvalue weighted by Crippen LogP contribution is -2.31. The molecule has 0 saturated carbocycles. The zero-order valence-corrected chi connectivity index (χ0v) is 16.5. The fourth-order valence-corrected chi connectivity index (χ4v) is 3.54. The maximum Gasteiger partial charge on any atom is 0.330 e. The Morgan fingerprint density at radius 3 is 2.41 bits per heavy atom. The molecule has 0 atom stereocenters. The minimum atomic E-state index is -0.639. The number of hydrogen-bond donors (Lipinski definition) is 1. The second-order valence-electron chi connectivity index (χ2n) is 6.40. The third-order valence-electron chi connectivity index (χ3n) is 4.49. The minimum Gasteiger partial charge on any atom is -0.305 e. The number of carbonyl (C=O) groups excluding carboxylic acids is 1. The van der Waals surface area contributed by atoms with Crippen molar-refractivity contribution in [2.75, 3.05) is 0 Å². The van der Waals surface area contributed by atoms with Gasteiger partial charge in [0, 0.05) is 5.56 Å². The molecule has 2 aromatic heterocycles. The summed E-state index contributed by atoms with van der Waals surface area (Å²) < 4.78 is 16.1. The molecule has 0 spiro atoms. The van der Waals surface area contributed by atoms with E-state index in [4.69, 9.17) is 0 Å². The van der Waals surface area contributed by atoms with Crippen LogP contribution in [0.25, 0.3) is 11.2 Å². The second-order valence-corrected chi connectivity index (χ2v) is 7.11. The van der Waals surface area contributed by atoms with Crippen molar-refractivity contribution < 1.29 is 9.18 Å². The van der Waals surface area contributed by atoms with E-state index in [9.17, 15) is 18.8 Å². The van der Waals surface area contributed by atoms with Crippen LogP contribution in [0, 0.1) is 5.82 Å². The summed E-state index contributed by atoms with van der Waals surface area (Å²) in [5.74, 6) is -0.776. The van der Waals surface area contributed by atoms with Crippen LogP contribution in [0.5, 0.6) is 0 Å². The van der Waals surface area contributed by atoms with E-state index in [1.165, 1.54) is 33.4 Å². The molecule has 0 saturated heterocycles. The van der Waals surface area contributed by atoms with Crippen molar-refractivity contribution in [3.05, 3.63) is 97.1 Å². The monoisotopic (exact) mass is 456 g/mol. The summed E-state index contributed by atoms with van der Waals surface area (Å²) in [6.07, 6.45) is 0. The highest BCUT2D eigenvalue weighted by molar-refractivity contribution is 9.10. The number of aromatic amines is 1. The van der Waals surface area contributed by atoms with Gasteiger partial charge in [0.1, 0.15) is 5.82 Å². The summed E-state index contributed by atoms with van der Waals surface area (Å²) in [7, 11) is 0. The number of ketones is 1. The number of halogens is 2. The van der Waals surface area contributed by atoms with Crippen molar-refractivity contribution >= 4 is 32.9 Å². The number of imidazole rings is 1. The van der Waals surface area contributed by atoms with Crippen LogP contribution in [0.3, 0.4) is 0 Å². The molecule has 7 nitrogen and oxygen atoms in total. The van der Waals surface area contributed by atoms with E-state index < -0.39 is 17.1 Å². The fourth-order valence-electron chi connectivity index (χ4n) is 3.07. The van der Waals surface area contributed by atoms with Crippen molar-refractivity contribution in [3.63, 3.8) is 0 Å². The van der Waals surface area contributed by atoms with Crippen LogP contribution >= 0.6 is 15.9 Å². The number of Topliss-reactive ketones (excluding diaryl/α,β-unsaturated/α-hetero) is 1. The SMILES string of the molecule is O=C(Cn1c(Br)nc2c1c(=O)[nH]c(=O)n2Cc1ccccc1)c1ccc(F)cc1. The van der Waals surface area contributed by atoms with E-state index in [0.717, 1.165) is 5.56 Å². The highest BCUT2D eigenvalue weighted by Gasteiger charge is 2.20. The molecule has 0 aliphatic carbocycles. The van der Waals surface area contributed by atoms with Gasteiger partial charge in [-0.2, -0.15) is 0 Å². The van der Waals surface area contributed by atoms with Gasteiger partial charge in [-0.3, -0.25) is 19.1 Å². The van der Waals surface area contributed by atoms with Crippen LogP contribution in [-0.4, -0.2) is 24.9 Å². The maximum atomic E-state index is 13.1. The molecule has 146 valence electrons. The molecule has 0 radical (unpaired) electrons. The Balaban J connectivity index is 1.80. The predicted molar refractivity (Wildman–Crippen MR) is 109 cm³/mol. The molecule has 0 amide bonds. The Morgan fingerprint density at radius 1 is 1.03 bits per heavy atom. The number of H-pyrrole nitrogens is 1. The number of rotatable bonds is 5. The molecular formula is C20H14BrFN4O3. The van der Waals surface area contributed by atoms with Gasteiger partial charge in [-0.25, -0.2) is 14.2 Å². The molecule has 29 heavy (non-hydrogen) atoms. The Kier molecular flexibility index (Phi) is 4.98. The molecule has 2 aromatic carbocycles. The first-order chi connectivity index (χ1) is 13.9.